The molecule has 6 heteroatoms. The van der Waals surface area contributed by atoms with Crippen molar-refractivity contribution < 1.29 is 19.0 Å². The number of amides is 1. The van der Waals surface area contributed by atoms with Crippen molar-refractivity contribution in [2.24, 2.45) is 0 Å². The third-order valence-electron chi connectivity index (χ3n) is 3.91. The molecule has 0 N–H and O–H groups in total. The van der Waals surface area contributed by atoms with E-state index in [0.717, 1.165) is 11.3 Å². The average molecular weight is 356 g/mol. The van der Waals surface area contributed by atoms with Crippen LogP contribution in [0.3, 0.4) is 0 Å². The topological polar surface area (TPSA) is 60.9 Å². The average Bonchev–Trinajstić information content (AvgIpc) is 2.69. The molecular weight excluding hydrogens is 332 g/mol. The summed E-state index contributed by atoms with van der Waals surface area (Å²) in [4.78, 5) is 18.2. The molecule has 0 unspecified atom stereocenters. The molecule has 0 saturated carbocycles. The fraction of sp³-hybridized carbons (Fsp3) is 0.300. The van der Waals surface area contributed by atoms with Crippen LogP contribution in [-0.2, 0) is 11.2 Å². The van der Waals surface area contributed by atoms with Crippen molar-refractivity contribution in [1.29, 1.82) is 0 Å². The molecule has 0 saturated heterocycles. The van der Waals surface area contributed by atoms with E-state index in [0.29, 0.717) is 30.2 Å². The maximum absolute atomic E-state index is 12.3. The smallest absolute Gasteiger partial charge is 0.246 e. The molecule has 1 aromatic heterocycles. The molecule has 2 rings (SSSR count). The van der Waals surface area contributed by atoms with Gasteiger partial charge in [0.25, 0.3) is 0 Å². The summed E-state index contributed by atoms with van der Waals surface area (Å²) in [5, 5.41) is 0. The molecule has 138 valence electrons. The van der Waals surface area contributed by atoms with Gasteiger partial charge in [0.05, 0.1) is 21.3 Å². The molecule has 0 bridgehead atoms. The van der Waals surface area contributed by atoms with E-state index in [9.17, 15) is 4.79 Å². The van der Waals surface area contributed by atoms with Crippen molar-refractivity contribution in [3.8, 4) is 17.2 Å². The number of pyridine rings is 1. The van der Waals surface area contributed by atoms with Gasteiger partial charge in [-0.1, -0.05) is 6.07 Å². The summed E-state index contributed by atoms with van der Waals surface area (Å²) in [5.41, 5.74) is 1.74. The molecule has 0 atom stereocenters. The van der Waals surface area contributed by atoms with Gasteiger partial charge in [-0.2, -0.15) is 0 Å². The van der Waals surface area contributed by atoms with Crippen molar-refractivity contribution in [2.75, 3.05) is 34.9 Å². The molecule has 1 aromatic carbocycles. The summed E-state index contributed by atoms with van der Waals surface area (Å²) in [6.07, 6.45) is 5.71. The predicted molar refractivity (Wildman–Crippen MR) is 101 cm³/mol. The van der Waals surface area contributed by atoms with E-state index < -0.39 is 0 Å². The molecule has 0 aliphatic heterocycles. The Kier molecular flexibility index (Phi) is 7.02. The van der Waals surface area contributed by atoms with Gasteiger partial charge in [-0.3, -0.25) is 9.78 Å². The second kappa shape index (κ2) is 9.46. The lowest BCUT2D eigenvalue weighted by Gasteiger charge is -2.15. The van der Waals surface area contributed by atoms with Gasteiger partial charge in [0.15, 0.2) is 11.5 Å². The number of methoxy groups -OCH3 is 3. The van der Waals surface area contributed by atoms with Crippen LogP contribution in [0, 0.1) is 0 Å². The molecule has 1 heterocycles. The second-order valence-corrected chi connectivity index (χ2v) is 5.62. The number of carbonyl (C=O) groups excluding carboxylic acids is 1. The zero-order chi connectivity index (χ0) is 18.9. The Bertz CT molecular complexity index is 735. The van der Waals surface area contributed by atoms with E-state index in [1.807, 2.05) is 18.2 Å². The van der Waals surface area contributed by atoms with Crippen LogP contribution < -0.4 is 14.2 Å². The lowest BCUT2D eigenvalue weighted by atomic mass is 10.1. The lowest BCUT2D eigenvalue weighted by molar-refractivity contribution is -0.124. The van der Waals surface area contributed by atoms with Gasteiger partial charge in [0.2, 0.25) is 11.7 Å². The number of rotatable bonds is 8. The van der Waals surface area contributed by atoms with Crippen molar-refractivity contribution in [3.63, 3.8) is 0 Å². The van der Waals surface area contributed by atoms with Crippen molar-refractivity contribution in [2.45, 2.75) is 6.42 Å². The Hall–Kier alpha value is -3.02. The van der Waals surface area contributed by atoms with E-state index in [-0.39, 0.29) is 5.91 Å². The minimum atomic E-state index is -0.0883. The first kappa shape index (κ1) is 19.3. The summed E-state index contributed by atoms with van der Waals surface area (Å²) < 4.78 is 15.9. The summed E-state index contributed by atoms with van der Waals surface area (Å²) in [6.45, 7) is 0.593. The van der Waals surface area contributed by atoms with E-state index >= 15 is 0 Å². The van der Waals surface area contributed by atoms with Crippen molar-refractivity contribution >= 4 is 12.0 Å². The molecule has 6 nitrogen and oxygen atoms in total. The quantitative estimate of drug-likeness (QED) is 0.681. The monoisotopic (exact) mass is 356 g/mol. The van der Waals surface area contributed by atoms with Crippen molar-refractivity contribution in [3.05, 3.63) is 53.9 Å². The lowest BCUT2D eigenvalue weighted by Crippen LogP contribution is -2.27. The van der Waals surface area contributed by atoms with Crippen LogP contribution in [0.5, 0.6) is 17.2 Å². The van der Waals surface area contributed by atoms with E-state index in [2.05, 4.69) is 4.98 Å². The molecule has 0 aliphatic rings. The third kappa shape index (κ3) is 4.99. The van der Waals surface area contributed by atoms with E-state index in [1.54, 1.807) is 57.7 Å². The number of hydrogen-bond donors (Lipinski definition) is 0. The Morgan fingerprint density at radius 3 is 2.35 bits per heavy atom. The standard InChI is InChI=1S/C20H24N2O4/c1-22(12-10-16-7-5-6-11-21-16)19(23)9-8-15-13-17(24-2)20(26-4)18(14-15)25-3/h5-9,11,13-14H,10,12H2,1-4H3/b9-8+. The first-order valence-electron chi connectivity index (χ1n) is 8.22. The molecule has 0 spiro atoms. The van der Waals surface area contributed by atoms with E-state index in [4.69, 9.17) is 14.2 Å². The number of aromatic nitrogens is 1. The van der Waals surface area contributed by atoms with Crippen molar-refractivity contribution in [1.82, 2.24) is 9.88 Å². The molecule has 0 radical (unpaired) electrons. The van der Waals surface area contributed by atoms with Gasteiger partial charge >= 0.3 is 0 Å². The third-order valence-corrected chi connectivity index (χ3v) is 3.91. The maximum Gasteiger partial charge on any atom is 0.246 e. The number of likely N-dealkylation sites (N-methyl/N-ethyl adjacent to an activating group) is 1. The Morgan fingerprint density at radius 1 is 1.12 bits per heavy atom. The van der Waals surface area contributed by atoms with Gasteiger partial charge in [-0.15, -0.1) is 0 Å². The Balaban J connectivity index is 2.04. The van der Waals surface area contributed by atoms with E-state index in [1.165, 1.54) is 6.08 Å². The minimum Gasteiger partial charge on any atom is -0.493 e. The first-order valence-corrected chi connectivity index (χ1v) is 8.22. The van der Waals surface area contributed by atoms with Gasteiger partial charge < -0.3 is 19.1 Å². The highest BCUT2D eigenvalue weighted by Crippen LogP contribution is 2.38. The van der Waals surface area contributed by atoms with Crippen LogP contribution in [0.1, 0.15) is 11.3 Å². The molecular formula is C20H24N2O4. The molecule has 0 fully saturated rings. The maximum atomic E-state index is 12.3. The van der Waals surface area contributed by atoms with Gasteiger partial charge in [-0.05, 0) is 35.9 Å². The highest BCUT2D eigenvalue weighted by Gasteiger charge is 2.12. The van der Waals surface area contributed by atoms with Crippen LogP contribution in [-0.4, -0.2) is 50.7 Å². The SMILES string of the molecule is COc1cc(/C=C/C(=O)N(C)CCc2ccccn2)cc(OC)c1OC. The zero-order valence-corrected chi connectivity index (χ0v) is 15.6. The fourth-order valence-electron chi connectivity index (χ4n) is 2.43. The first-order chi connectivity index (χ1) is 12.6. The number of ether oxygens (including phenoxy) is 3. The van der Waals surface area contributed by atoms with Gasteiger partial charge in [0.1, 0.15) is 0 Å². The van der Waals surface area contributed by atoms with Gasteiger partial charge in [0, 0.05) is 38.0 Å². The van der Waals surface area contributed by atoms with Gasteiger partial charge in [-0.25, -0.2) is 0 Å². The van der Waals surface area contributed by atoms with Crippen LogP contribution in [0.2, 0.25) is 0 Å². The predicted octanol–water partition coefficient (Wildman–Crippen LogP) is 2.82. The Labute approximate surface area is 154 Å². The van der Waals surface area contributed by atoms with Crippen LogP contribution in [0.25, 0.3) is 6.08 Å². The summed E-state index contributed by atoms with van der Waals surface area (Å²) in [7, 11) is 6.43. The molecule has 1 amide bonds. The number of benzene rings is 1. The number of nitrogens with zero attached hydrogens (tertiary/aromatic N) is 2. The van der Waals surface area contributed by atoms with Crippen LogP contribution in [0.15, 0.2) is 42.6 Å². The minimum absolute atomic E-state index is 0.0883. The Morgan fingerprint density at radius 2 is 1.81 bits per heavy atom. The molecule has 26 heavy (non-hydrogen) atoms. The summed E-state index contributed by atoms with van der Waals surface area (Å²) in [6, 6.07) is 9.34. The molecule has 0 aliphatic carbocycles. The normalized spacial score (nSPS) is 10.6. The number of hydrogen-bond acceptors (Lipinski definition) is 5. The summed E-state index contributed by atoms with van der Waals surface area (Å²) in [5.74, 6) is 1.52. The zero-order valence-electron chi connectivity index (χ0n) is 15.6. The molecule has 2 aromatic rings. The number of carbonyl (C=O) groups is 1. The highest BCUT2D eigenvalue weighted by atomic mass is 16.5. The van der Waals surface area contributed by atoms with Crippen LogP contribution >= 0.6 is 0 Å². The summed E-state index contributed by atoms with van der Waals surface area (Å²) >= 11 is 0. The second-order valence-electron chi connectivity index (χ2n) is 5.62. The fourth-order valence-corrected chi connectivity index (χ4v) is 2.43. The largest absolute Gasteiger partial charge is 0.493 e. The van der Waals surface area contributed by atoms with Crippen LogP contribution in [0.4, 0.5) is 0 Å². The highest BCUT2D eigenvalue weighted by molar-refractivity contribution is 5.91.